The molecule has 1 saturated carbocycles. The number of carbonyl (C=O) groups is 2. The van der Waals surface area contributed by atoms with Crippen LogP contribution >= 0.6 is 0 Å². The highest BCUT2D eigenvalue weighted by molar-refractivity contribution is 6.03. The van der Waals surface area contributed by atoms with Gasteiger partial charge in [0.25, 0.3) is 5.91 Å². The van der Waals surface area contributed by atoms with E-state index in [1.807, 2.05) is 31.2 Å². The Morgan fingerprint density at radius 3 is 2.56 bits per heavy atom. The molecule has 2 aromatic rings. The van der Waals surface area contributed by atoms with Gasteiger partial charge in [-0.3, -0.25) is 9.59 Å². The molecule has 0 saturated heterocycles. The van der Waals surface area contributed by atoms with Crippen LogP contribution in [0.15, 0.2) is 36.9 Å². The van der Waals surface area contributed by atoms with Crippen molar-refractivity contribution in [2.24, 2.45) is 11.1 Å². The Labute approximate surface area is 189 Å². The first-order valence-corrected chi connectivity index (χ1v) is 11.0. The monoisotopic (exact) mass is 439 g/mol. The predicted molar refractivity (Wildman–Crippen MR) is 125 cm³/mol. The molecule has 1 aromatic carbocycles. The summed E-state index contributed by atoms with van der Waals surface area (Å²) in [5, 5.41) is 4.69. The number of rotatable bonds is 10. The van der Waals surface area contributed by atoms with Crippen molar-refractivity contribution in [3.8, 4) is 17.0 Å². The smallest absolute Gasteiger partial charge is 0.254 e. The van der Waals surface area contributed by atoms with E-state index in [1.165, 1.54) is 6.08 Å². The van der Waals surface area contributed by atoms with Crippen molar-refractivity contribution in [2.75, 3.05) is 25.9 Å². The molecule has 8 nitrogen and oxygen atoms in total. The Balaban J connectivity index is 1.76. The number of amides is 2. The second kappa shape index (κ2) is 9.46. The molecular weight excluding hydrogens is 406 g/mol. The van der Waals surface area contributed by atoms with Crippen LogP contribution in [0.5, 0.6) is 5.75 Å². The van der Waals surface area contributed by atoms with Gasteiger partial charge >= 0.3 is 0 Å². The summed E-state index contributed by atoms with van der Waals surface area (Å²) in [5.74, 6) is 0.382. The van der Waals surface area contributed by atoms with Crippen LogP contribution in [-0.4, -0.2) is 46.7 Å². The zero-order valence-corrected chi connectivity index (χ0v) is 19.1. The van der Waals surface area contributed by atoms with Gasteiger partial charge in [0.05, 0.1) is 12.6 Å². The third-order valence-corrected chi connectivity index (χ3v) is 6.20. The molecule has 2 amide bonds. The lowest BCUT2D eigenvalue weighted by Crippen LogP contribution is -2.40. The lowest BCUT2D eigenvalue weighted by Gasteiger charge is -2.46. The first kappa shape index (κ1) is 23.4. The second-order valence-corrected chi connectivity index (χ2v) is 8.88. The van der Waals surface area contributed by atoms with Crippen LogP contribution in [-0.2, 0) is 4.79 Å². The van der Waals surface area contributed by atoms with Crippen molar-refractivity contribution >= 4 is 17.6 Å². The van der Waals surface area contributed by atoms with E-state index in [2.05, 4.69) is 18.6 Å². The fourth-order valence-corrected chi connectivity index (χ4v) is 4.26. The van der Waals surface area contributed by atoms with Gasteiger partial charge in [-0.15, -0.1) is 0 Å². The van der Waals surface area contributed by atoms with Crippen molar-refractivity contribution < 1.29 is 14.3 Å². The van der Waals surface area contributed by atoms with Crippen LogP contribution in [0.1, 0.15) is 55.9 Å². The number of aromatic nitrogens is 2. The van der Waals surface area contributed by atoms with Gasteiger partial charge < -0.3 is 21.1 Å². The van der Waals surface area contributed by atoms with E-state index in [0.29, 0.717) is 24.7 Å². The number of hydrogen-bond acceptors (Lipinski definition) is 5. The minimum Gasteiger partial charge on any atom is -0.494 e. The van der Waals surface area contributed by atoms with Crippen molar-refractivity contribution in [1.29, 1.82) is 0 Å². The summed E-state index contributed by atoms with van der Waals surface area (Å²) in [6.45, 7) is 9.08. The minimum absolute atomic E-state index is 0.0735. The van der Waals surface area contributed by atoms with Gasteiger partial charge in [-0.05, 0) is 61.4 Å². The van der Waals surface area contributed by atoms with Crippen LogP contribution in [0.4, 0.5) is 5.82 Å². The fraction of sp³-hybridized carbons (Fsp3) is 0.458. The summed E-state index contributed by atoms with van der Waals surface area (Å²) in [7, 11) is 1.78. The van der Waals surface area contributed by atoms with Crippen molar-refractivity contribution in [3.63, 3.8) is 0 Å². The largest absolute Gasteiger partial charge is 0.494 e. The minimum atomic E-state index is -0.596. The van der Waals surface area contributed by atoms with Gasteiger partial charge in [-0.2, -0.15) is 5.10 Å². The highest BCUT2D eigenvalue weighted by Gasteiger charge is 2.43. The van der Waals surface area contributed by atoms with E-state index in [-0.39, 0.29) is 22.9 Å². The highest BCUT2D eigenvalue weighted by atomic mass is 16.5. The number of hydrogen-bond donors (Lipinski definition) is 2. The third-order valence-electron chi connectivity index (χ3n) is 6.20. The molecule has 172 valence electrons. The fourth-order valence-electron chi connectivity index (χ4n) is 4.26. The Kier molecular flexibility index (Phi) is 6.91. The first-order valence-electron chi connectivity index (χ1n) is 11.0. The summed E-state index contributed by atoms with van der Waals surface area (Å²) in [5.41, 5.74) is 13.6. The average Bonchev–Trinajstić information content (AvgIpc) is 3.10. The average molecular weight is 440 g/mol. The molecule has 32 heavy (non-hydrogen) atoms. The molecule has 3 rings (SSSR count). The van der Waals surface area contributed by atoms with Gasteiger partial charge in [0, 0.05) is 19.2 Å². The molecule has 0 bridgehead atoms. The van der Waals surface area contributed by atoms with Crippen molar-refractivity contribution in [1.82, 2.24) is 14.7 Å². The third kappa shape index (κ3) is 4.79. The van der Waals surface area contributed by atoms with Crippen LogP contribution in [0, 0.1) is 5.41 Å². The van der Waals surface area contributed by atoms with E-state index in [9.17, 15) is 9.59 Å². The molecule has 1 heterocycles. The molecule has 4 N–H and O–H groups in total. The zero-order chi connectivity index (χ0) is 23.5. The molecule has 0 spiro atoms. The number of anilines is 1. The maximum atomic E-state index is 12.2. The van der Waals surface area contributed by atoms with E-state index in [1.54, 1.807) is 16.6 Å². The maximum Gasteiger partial charge on any atom is 0.254 e. The van der Waals surface area contributed by atoms with Gasteiger partial charge in [-0.1, -0.05) is 20.4 Å². The van der Waals surface area contributed by atoms with Gasteiger partial charge in [-0.25, -0.2) is 4.68 Å². The molecule has 1 aliphatic rings. The normalized spacial score (nSPS) is 19.8. The lowest BCUT2D eigenvalue weighted by molar-refractivity contribution is -0.125. The molecule has 0 aliphatic heterocycles. The topological polar surface area (TPSA) is 116 Å². The molecule has 1 fully saturated rings. The summed E-state index contributed by atoms with van der Waals surface area (Å²) in [6.07, 6.45) is 4.84. The summed E-state index contributed by atoms with van der Waals surface area (Å²) in [6, 6.07) is 7.51. The number of nitrogens with zero attached hydrogens (tertiary/aromatic N) is 3. The highest BCUT2D eigenvalue weighted by Crippen LogP contribution is 2.51. The van der Waals surface area contributed by atoms with E-state index >= 15 is 0 Å². The maximum absolute atomic E-state index is 12.2. The van der Waals surface area contributed by atoms with E-state index in [4.69, 9.17) is 16.2 Å². The Morgan fingerprint density at radius 2 is 2.00 bits per heavy atom. The van der Waals surface area contributed by atoms with Gasteiger partial charge in [0.2, 0.25) is 5.91 Å². The zero-order valence-electron chi connectivity index (χ0n) is 19.1. The second-order valence-electron chi connectivity index (χ2n) is 8.88. The Bertz CT molecular complexity index is 990. The van der Waals surface area contributed by atoms with Crippen LogP contribution in [0.2, 0.25) is 0 Å². The lowest BCUT2D eigenvalue weighted by atomic mass is 9.65. The van der Waals surface area contributed by atoms with Crippen molar-refractivity contribution in [3.05, 3.63) is 42.5 Å². The standard InChI is InChI=1S/C24H33N5O3/c1-5-13-32-18-9-7-16(8-10-18)21-20(23(26)31)22(25)29(27-21)17-14-24(3,15-17)11-12-28(4)19(30)6-2/h6-10,17H,2,5,11-15,25H2,1,3-4H3,(H2,26,31). The molecule has 8 heteroatoms. The molecule has 1 aromatic heterocycles. The van der Waals surface area contributed by atoms with Crippen LogP contribution in [0.3, 0.4) is 0 Å². The molecule has 0 unspecified atom stereocenters. The molecule has 0 radical (unpaired) electrons. The predicted octanol–water partition coefficient (Wildman–Crippen LogP) is 3.40. The summed E-state index contributed by atoms with van der Waals surface area (Å²) in [4.78, 5) is 25.6. The van der Waals surface area contributed by atoms with E-state index < -0.39 is 5.91 Å². The molecular formula is C24H33N5O3. The van der Waals surface area contributed by atoms with E-state index in [0.717, 1.165) is 37.0 Å². The Hall–Kier alpha value is -3.29. The van der Waals surface area contributed by atoms with Crippen LogP contribution < -0.4 is 16.2 Å². The number of nitrogen functional groups attached to an aromatic ring is 1. The summed E-state index contributed by atoms with van der Waals surface area (Å²) < 4.78 is 7.36. The number of carbonyl (C=O) groups excluding carboxylic acids is 2. The Morgan fingerprint density at radius 1 is 1.34 bits per heavy atom. The van der Waals surface area contributed by atoms with Crippen LogP contribution in [0.25, 0.3) is 11.3 Å². The quantitative estimate of drug-likeness (QED) is 0.550. The number of benzene rings is 1. The number of nitrogens with two attached hydrogens (primary N) is 2. The number of ether oxygens (including phenoxy) is 1. The molecule has 0 atom stereocenters. The van der Waals surface area contributed by atoms with Gasteiger partial charge in [0.1, 0.15) is 22.8 Å². The number of primary amides is 1. The number of likely N-dealkylation sites (N-methyl/N-ethyl adjacent to an activating group) is 1. The van der Waals surface area contributed by atoms with Gasteiger partial charge in [0.15, 0.2) is 0 Å². The first-order chi connectivity index (χ1) is 15.2. The SMILES string of the molecule is C=CC(=O)N(C)CCC1(C)CC(n2nc(-c3ccc(OCCC)cc3)c(C(N)=O)c2N)C1. The summed E-state index contributed by atoms with van der Waals surface area (Å²) >= 11 is 0. The molecule has 1 aliphatic carbocycles. The van der Waals surface area contributed by atoms with Crippen molar-refractivity contribution in [2.45, 2.75) is 45.6 Å².